The Morgan fingerprint density at radius 1 is 1.07 bits per heavy atom. The van der Waals surface area contributed by atoms with Crippen LogP contribution in [0.3, 0.4) is 0 Å². The summed E-state index contributed by atoms with van der Waals surface area (Å²) in [6.45, 7) is 6.00. The number of aromatic hydroxyl groups is 2. The van der Waals surface area contributed by atoms with E-state index in [0.717, 1.165) is 29.0 Å². The fraction of sp³-hybridized carbons (Fsp3) is 0.174. The predicted molar refractivity (Wildman–Crippen MR) is 115 cm³/mol. The molecule has 1 aromatic heterocycles. The number of aromatic nitrogens is 1. The van der Waals surface area contributed by atoms with Crippen LogP contribution in [0, 0.1) is 0 Å². The molecule has 5 heteroatoms. The van der Waals surface area contributed by atoms with Gasteiger partial charge in [0.25, 0.3) is 0 Å². The van der Waals surface area contributed by atoms with E-state index in [-0.39, 0.29) is 11.5 Å². The van der Waals surface area contributed by atoms with Gasteiger partial charge in [-0.25, -0.2) is 0 Å². The van der Waals surface area contributed by atoms with E-state index in [1.807, 2.05) is 43.2 Å². The molecule has 4 nitrogen and oxygen atoms in total. The third kappa shape index (κ3) is 3.69. The summed E-state index contributed by atoms with van der Waals surface area (Å²) >= 11 is 6.48. The van der Waals surface area contributed by atoms with Crippen LogP contribution in [0.15, 0.2) is 72.2 Å². The lowest BCUT2D eigenvalue weighted by atomic mass is 10.00. The maximum Gasteiger partial charge on any atom is 0.141 e. The highest BCUT2D eigenvalue weighted by Crippen LogP contribution is 2.41. The zero-order chi connectivity index (χ0) is 20.3. The Bertz CT molecular complexity index is 999. The van der Waals surface area contributed by atoms with Crippen molar-refractivity contribution in [2.45, 2.75) is 27.2 Å². The molecule has 1 aliphatic rings. The minimum absolute atomic E-state index is 0.119. The smallest absolute Gasteiger partial charge is 0.141 e. The molecule has 0 amide bonds. The van der Waals surface area contributed by atoms with Crippen molar-refractivity contribution in [2.75, 3.05) is 0 Å². The minimum Gasteiger partial charge on any atom is -0.507 e. The average molecular weight is 395 g/mol. The van der Waals surface area contributed by atoms with Gasteiger partial charge in [-0.05, 0) is 62.3 Å². The van der Waals surface area contributed by atoms with Gasteiger partial charge in [0.2, 0.25) is 0 Å². The summed E-state index contributed by atoms with van der Waals surface area (Å²) in [7, 11) is 0. The molecule has 2 aromatic rings. The zero-order valence-corrected chi connectivity index (χ0v) is 16.9. The first-order valence-electron chi connectivity index (χ1n) is 9.12. The Labute approximate surface area is 170 Å². The molecule has 1 aromatic carbocycles. The third-order valence-electron chi connectivity index (χ3n) is 4.79. The van der Waals surface area contributed by atoms with E-state index in [4.69, 9.17) is 11.6 Å². The molecule has 0 unspecified atom stereocenters. The van der Waals surface area contributed by atoms with Crippen molar-refractivity contribution in [3.8, 4) is 11.5 Å². The van der Waals surface area contributed by atoms with Crippen LogP contribution in [0.5, 0.6) is 11.5 Å². The van der Waals surface area contributed by atoms with E-state index in [1.54, 1.807) is 36.5 Å². The molecule has 1 aliphatic heterocycles. The number of halogens is 1. The fourth-order valence-electron chi connectivity index (χ4n) is 3.20. The van der Waals surface area contributed by atoms with E-state index in [9.17, 15) is 10.2 Å². The molecule has 0 spiro atoms. The van der Waals surface area contributed by atoms with Crippen LogP contribution < -0.4 is 0 Å². The standard InChI is InChI=1S/C23H23ClN2O2/c1-4-15(2)23(21-17(24)9-7-11-19(21)27)26-14-6-5-10-18(26)16(3)22-20(28)12-8-13-25-22/h5-14,27-28H,4H2,1-3H3/b18-16+,23-15?. The fourth-order valence-corrected chi connectivity index (χ4v) is 3.46. The third-order valence-corrected chi connectivity index (χ3v) is 5.10. The Morgan fingerprint density at radius 2 is 1.82 bits per heavy atom. The highest BCUT2D eigenvalue weighted by Gasteiger charge is 2.24. The highest BCUT2D eigenvalue weighted by molar-refractivity contribution is 6.32. The first-order chi connectivity index (χ1) is 13.5. The second kappa shape index (κ2) is 8.36. The monoisotopic (exact) mass is 394 g/mol. The number of hydrogen-bond acceptors (Lipinski definition) is 4. The lowest BCUT2D eigenvalue weighted by molar-refractivity contribution is 0.469. The Balaban J connectivity index is 2.25. The van der Waals surface area contributed by atoms with E-state index in [1.165, 1.54) is 0 Å². The molecule has 0 saturated heterocycles. The summed E-state index contributed by atoms with van der Waals surface area (Å²) in [5.74, 6) is 0.240. The van der Waals surface area contributed by atoms with E-state index < -0.39 is 0 Å². The largest absolute Gasteiger partial charge is 0.507 e. The van der Waals surface area contributed by atoms with Gasteiger partial charge in [0.15, 0.2) is 0 Å². The normalized spacial score (nSPS) is 16.2. The van der Waals surface area contributed by atoms with Crippen molar-refractivity contribution < 1.29 is 10.2 Å². The number of phenolic OH excluding ortho intramolecular Hbond substituents is 1. The number of nitrogens with zero attached hydrogens (tertiary/aromatic N) is 2. The van der Waals surface area contributed by atoms with Crippen molar-refractivity contribution in [3.05, 3.63) is 88.5 Å². The molecule has 0 bridgehead atoms. The summed E-state index contributed by atoms with van der Waals surface area (Å²) < 4.78 is 0. The molecular weight excluding hydrogens is 372 g/mol. The first kappa shape index (κ1) is 19.8. The molecule has 2 heterocycles. The molecule has 0 atom stereocenters. The topological polar surface area (TPSA) is 56.6 Å². The van der Waals surface area contributed by atoms with Gasteiger partial charge in [0.1, 0.15) is 17.2 Å². The predicted octanol–water partition coefficient (Wildman–Crippen LogP) is 6.10. The number of allylic oxidation sites excluding steroid dienone is 5. The summed E-state index contributed by atoms with van der Waals surface area (Å²) in [5.41, 5.74) is 4.64. The summed E-state index contributed by atoms with van der Waals surface area (Å²) in [6.07, 6.45) is 10.2. The van der Waals surface area contributed by atoms with Crippen molar-refractivity contribution in [1.29, 1.82) is 0 Å². The quantitative estimate of drug-likeness (QED) is 0.657. The molecule has 3 rings (SSSR count). The van der Waals surface area contributed by atoms with Gasteiger partial charge in [-0.1, -0.05) is 30.7 Å². The molecule has 0 radical (unpaired) electrons. The summed E-state index contributed by atoms with van der Waals surface area (Å²) in [6, 6.07) is 8.44. The minimum atomic E-state index is 0.119. The van der Waals surface area contributed by atoms with Crippen LogP contribution in [0.2, 0.25) is 5.02 Å². The maximum absolute atomic E-state index is 10.6. The molecule has 0 fully saturated rings. The van der Waals surface area contributed by atoms with Crippen LogP contribution in [0.4, 0.5) is 0 Å². The van der Waals surface area contributed by atoms with Crippen LogP contribution >= 0.6 is 11.6 Å². The van der Waals surface area contributed by atoms with Gasteiger partial charge in [-0.15, -0.1) is 0 Å². The van der Waals surface area contributed by atoms with Crippen molar-refractivity contribution >= 4 is 22.9 Å². The van der Waals surface area contributed by atoms with Gasteiger partial charge in [-0.3, -0.25) is 4.98 Å². The maximum atomic E-state index is 10.6. The van der Waals surface area contributed by atoms with Gasteiger partial charge in [0.05, 0.1) is 22.0 Å². The summed E-state index contributed by atoms with van der Waals surface area (Å²) in [4.78, 5) is 6.33. The first-order valence-corrected chi connectivity index (χ1v) is 9.50. The Hall–Kier alpha value is -2.98. The average Bonchev–Trinajstić information content (AvgIpc) is 2.70. The second-order valence-electron chi connectivity index (χ2n) is 6.57. The number of rotatable bonds is 4. The zero-order valence-electron chi connectivity index (χ0n) is 16.1. The van der Waals surface area contributed by atoms with Crippen molar-refractivity contribution in [1.82, 2.24) is 9.88 Å². The molecule has 28 heavy (non-hydrogen) atoms. The van der Waals surface area contributed by atoms with Crippen LogP contribution in [0.1, 0.15) is 38.4 Å². The van der Waals surface area contributed by atoms with Gasteiger partial charge in [0, 0.05) is 18.0 Å². The van der Waals surface area contributed by atoms with Gasteiger partial charge in [-0.2, -0.15) is 0 Å². The highest BCUT2D eigenvalue weighted by atomic mass is 35.5. The molecule has 144 valence electrons. The van der Waals surface area contributed by atoms with E-state index >= 15 is 0 Å². The molecule has 2 N–H and O–H groups in total. The Kier molecular flexibility index (Phi) is 5.90. The van der Waals surface area contributed by atoms with Gasteiger partial charge < -0.3 is 15.1 Å². The molecular formula is C23H23ClN2O2. The van der Waals surface area contributed by atoms with Crippen molar-refractivity contribution in [2.24, 2.45) is 0 Å². The number of phenols is 1. The van der Waals surface area contributed by atoms with E-state index in [2.05, 4.69) is 11.9 Å². The number of hydrogen-bond donors (Lipinski definition) is 2. The molecule has 0 aliphatic carbocycles. The lowest BCUT2D eigenvalue weighted by Gasteiger charge is -2.31. The lowest BCUT2D eigenvalue weighted by Crippen LogP contribution is -2.19. The van der Waals surface area contributed by atoms with Crippen molar-refractivity contribution in [3.63, 3.8) is 0 Å². The second-order valence-corrected chi connectivity index (χ2v) is 6.98. The number of benzene rings is 1. The van der Waals surface area contributed by atoms with Gasteiger partial charge >= 0.3 is 0 Å². The number of pyridine rings is 1. The van der Waals surface area contributed by atoms with Crippen LogP contribution in [-0.2, 0) is 0 Å². The van der Waals surface area contributed by atoms with Crippen LogP contribution in [-0.4, -0.2) is 20.1 Å². The van der Waals surface area contributed by atoms with Crippen LogP contribution in [0.25, 0.3) is 11.3 Å². The van der Waals surface area contributed by atoms with E-state index in [0.29, 0.717) is 16.3 Å². The summed E-state index contributed by atoms with van der Waals surface area (Å²) in [5, 5.41) is 21.3. The molecule has 0 saturated carbocycles. The Morgan fingerprint density at radius 3 is 2.50 bits per heavy atom. The SMILES string of the molecule is CCC(C)=C(c1c(O)cccc1Cl)N1C=CC=C/C1=C(/C)c1ncccc1O.